The minimum atomic E-state index is 0.497. The van der Waals surface area contributed by atoms with Crippen molar-refractivity contribution < 1.29 is 4.74 Å². The van der Waals surface area contributed by atoms with Crippen LogP contribution < -0.4 is 16.0 Å². The van der Waals surface area contributed by atoms with Crippen molar-refractivity contribution in [2.45, 2.75) is 32.6 Å². The molecule has 0 atom stereocenters. The molecule has 1 saturated carbocycles. The number of hydrogen-bond donors (Lipinski definition) is 2. The molecule has 15 heavy (non-hydrogen) atoms. The number of rotatable bonds is 4. The number of nitrogen functional groups attached to an aromatic ring is 1. The van der Waals surface area contributed by atoms with Gasteiger partial charge in [-0.05, 0) is 26.7 Å². The van der Waals surface area contributed by atoms with E-state index in [0.717, 1.165) is 11.4 Å². The van der Waals surface area contributed by atoms with E-state index in [4.69, 9.17) is 10.6 Å². The summed E-state index contributed by atoms with van der Waals surface area (Å²) in [5.74, 6) is 8.05. The lowest BCUT2D eigenvalue weighted by Gasteiger charge is -2.11. The van der Waals surface area contributed by atoms with Crippen LogP contribution in [-0.4, -0.2) is 16.6 Å². The molecule has 0 aliphatic heterocycles. The largest absolute Gasteiger partial charge is 0.478 e. The molecule has 82 valence electrons. The Morgan fingerprint density at radius 3 is 2.73 bits per heavy atom. The summed E-state index contributed by atoms with van der Waals surface area (Å²) < 4.78 is 5.45. The lowest BCUT2D eigenvalue weighted by Crippen LogP contribution is -2.13. The molecule has 5 nitrogen and oxygen atoms in total. The highest BCUT2D eigenvalue weighted by Crippen LogP contribution is 2.39. The maximum Gasteiger partial charge on any atom is 0.221 e. The molecule has 0 radical (unpaired) electrons. The molecule has 5 heteroatoms. The molecule has 1 aromatic heterocycles. The first-order valence-corrected chi connectivity index (χ1v) is 5.24. The fourth-order valence-corrected chi connectivity index (χ4v) is 1.45. The van der Waals surface area contributed by atoms with E-state index in [2.05, 4.69) is 15.4 Å². The fraction of sp³-hybridized carbons (Fsp3) is 0.600. The smallest absolute Gasteiger partial charge is 0.221 e. The van der Waals surface area contributed by atoms with Crippen LogP contribution in [0.25, 0.3) is 0 Å². The van der Waals surface area contributed by atoms with Crippen LogP contribution in [0.3, 0.4) is 0 Å². The molecule has 3 N–H and O–H groups in total. The molecule has 2 rings (SSSR count). The number of nitrogens with one attached hydrogen (secondary N) is 1. The lowest BCUT2D eigenvalue weighted by atomic mass is 10.3. The van der Waals surface area contributed by atoms with E-state index in [1.807, 2.05) is 13.8 Å². The summed E-state index contributed by atoms with van der Waals surface area (Å²) >= 11 is 0. The summed E-state index contributed by atoms with van der Waals surface area (Å²) in [4.78, 5) is 8.77. The SMILES string of the molecule is CCOc1nc(C2CC2)nc(NN)c1C. The van der Waals surface area contributed by atoms with Crippen LogP contribution >= 0.6 is 0 Å². The van der Waals surface area contributed by atoms with Crippen molar-refractivity contribution in [3.8, 4) is 5.88 Å². The van der Waals surface area contributed by atoms with Gasteiger partial charge in [-0.25, -0.2) is 10.8 Å². The summed E-state index contributed by atoms with van der Waals surface area (Å²) in [5, 5.41) is 0. The van der Waals surface area contributed by atoms with Gasteiger partial charge in [0.25, 0.3) is 0 Å². The third-order valence-electron chi connectivity index (χ3n) is 2.48. The normalized spacial score (nSPS) is 15.1. The molecule has 1 aromatic rings. The average Bonchev–Trinajstić information content (AvgIpc) is 3.05. The molecule has 1 fully saturated rings. The molecular formula is C10H16N4O. The zero-order chi connectivity index (χ0) is 10.8. The average molecular weight is 208 g/mol. The molecule has 0 bridgehead atoms. The maximum absolute atomic E-state index is 5.45. The van der Waals surface area contributed by atoms with Crippen LogP contribution in [0.2, 0.25) is 0 Å². The minimum Gasteiger partial charge on any atom is -0.478 e. The van der Waals surface area contributed by atoms with Gasteiger partial charge in [-0.3, -0.25) is 0 Å². The Bertz CT molecular complexity index is 363. The van der Waals surface area contributed by atoms with Gasteiger partial charge in [0.2, 0.25) is 5.88 Å². The van der Waals surface area contributed by atoms with E-state index in [0.29, 0.717) is 24.2 Å². The summed E-state index contributed by atoms with van der Waals surface area (Å²) in [6.45, 7) is 4.44. The van der Waals surface area contributed by atoms with Gasteiger partial charge in [0.05, 0.1) is 12.2 Å². The van der Waals surface area contributed by atoms with Gasteiger partial charge < -0.3 is 10.2 Å². The van der Waals surface area contributed by atoms with Gasteiger partial charge in [0.1, 0.15) is 11.6 Å². The van der Waals surface area contributed by atoms with Crippen molar-refractivity contribution in [2.24, 2.45) is 5.84 Å². The van der Waals surface area contributed by atoms with Crippen LogP contribution in [0.5, 0.6) is 5.88 Å². The Kier molecular flexibility index (Phi) is 2.73. The number of ether oxygens (including phenoxy) is 1. The second-order valence-corrected chi connectivity index (χ2v) is 3.71. The van der Waals surface area contributed by atoms with Gasteiger partial charge in [0.15, 0.2) is 0 Å². The third kappa shape index (κ3) is 2.02. The summed E-state index contributed by atoms with van der Waals surface area (Å²) in [5.41, 5.74) is 3.45. The monoisotopic (exact) mass is 208 g/mol. The van der Waals surface area contributed by atoms with Crippen molar-refractivity contribution >= 4 is 5.82 Å². The van der Waals surface area contributed by atoms with E-state index in [9.17, 15) is 0 Å². The number of aromatic nitrogens is 2. The second-order valence-electron chi connectivity index (χ2n) is 3.71. The minimum absolute atomic E-state index is 0.497. The predicted octanol–water partition coefficient (Wildman–Crippen LogP) is 1.35. The Morgan fingerprint density at radius 2 is 2.20 bits per heavy atom. The van der Waals surface area contributed by atoms with Gasteiger partial charge in [-0.1, -0.05) is 0 Å². The van der Waals surface area contributed by atoms with Crippen LogP contribution in [0.4, 0.5) is 5.82 Å². The topological polar surface area (TPSA) is 73.1 Å². The zero-order valence-corrected chi connectivity index (χ0v) is 9.08. The highest BCUT2D eigenvalue weighted by molar-refractivity contribution is 5.48. The molecular weight excluding hydrogens is 192 g/mol. The number of nitrogens with two attached hydrogens (primary N) is 1. The van der Waals surface area contributed by atoms with Crippen molar-refractivity contribution in [3.63, 3.8) is 0 Å². The predicted molar refractivity (Wildman–Crippen MR) is 57.7 cm³/mol. The highest BCUT2D eigenvalue weighted by atomic mass is 16.5. The molecule has 0 saturated heterocycles. The number of anilines is 1. The highest BCUT2D eigenvalue weighted by Gasteiger charge is 2.28. The van der Waals surface area contributed by atoms with E-state index in [-0.39, 0.29) is 0 Å². The van der Waals surface area contributed by atoms with Gasteiger partial charge in [-0.15, -0.1) is 0 Å². The van der Waals surface area contributed by atoms with E-state index >= 15 is 0 Å². The lowest BCUT2D eigenvalue weighted by molar-refractivity contribution is 0.322. The molecule has 0 aromatic carbocycles. The molecule has 0 spiro atoms. The first-order chi connectivity index (χ1) is 7.26. The molecule has 1 heterocycles. The van der Waals surface area contributed by atoms with E-state index < -0.39 is 0 Å². The second kappa shape index (κ2) is 4.02. The quantitative estimate of drug-likeness (QED) is 0.577. The number of hydrogen-bond acceptors (Lipinski definition) is 5. The Balaban J connectivity index is 2.37. The fourth-order valence-electron chi connectivity index (χ4n) is 1.45. The first-order valence-electron chi connectivity index (χ1n) is 5.24. The molecule has 1 aliphatic rings. The summed E-state index contributed by atoms with van der Waals surface area (Å²) in [6.07, 6.45) is 2.33. The van der Waals surface area contributed by atoms with Gasteiger partial charge in [0, 0.05) is 5.92 Å². The maximum atomic E-state index is 5.45. The van der Waals surface area contributed by atoms with Crippen LogP contribution in [0, 0.1) is 6.92 Å². The van der Waals surface area contributed by atoms with Crippen molar-refractivity contribution in [1.82, 2.24) is 9.97 Å². The van der Waals surface area contributed by atoms with Crippen LogP contribution in [0.15, 0.2) is 0 Å². The van der Waals surface area contributed by atoms with Crippen LogP contribution in [-0.2, 0) is 0 Å². The Morgan fingerprint density at radius 1 is 1.47 bits per heavy atom. The first kappa shape index (κ1) is 10.2. The zero-order valence-electron chi connectivity index (χ0n) is 9.08. The van der Waals surface area contributed by atoms with E-state index in [1.54, 1.807) is 0 Å². The van der Waals surface area contributed by atoms with Crippen molar-refractivity contribution in [3.05, 3.63) is 11.4 Å². The summed E-state index contributed by atoms with van der Waals surface area (Å²) in [6, 6.07) is 0. The number of hydrazine groups is 1. The molecule has 0 amide bonds. The van der Waals surface area contributed by atoms with Gasteiger partial charge in [-0.2, -0.15) is 4.98 Å². The van der Waals surface area contributed by atoms with Crippen molar-refractivity contribution in [1.29, 1.82) is 0 Å². The van der Waals surface area contributed by atoms with Crippen molar-refractivity contribution in [2.75, 3.05) is 12.0 Å². The molecule has 0 unspecified atom stereocenters. The third-order valence-corrected chi connectivity index (χ3v) is 2.48. The summed E-state index contributed by atoms with van der Waals surface area (Å²) in [7, 11) is 0. The van der Waals surface area contributed by atoms with Crippen LogP contribution in [0.1, 0.15) is 37.1 Å². The number of nitrogens with zero attached hydrogens (tertiary/aromatic N) is 2. The van der Waals surface area contributed by atoms with Gasteiger partial charge >= 0.3 is 0 Å². The Labute approximate surface area is 89.0 Å². The van der Waals surface area contributed by atoms with E-state index in [1.165, 1.54) is 12.8 Å². The molecule has 1 aliphatic carbocycles. The Hall–Kier alpha value is -1.36. The standard InChI is InChI=1S/C10H16N4O/c1-3-15-10-6(2)8(14-11)12-9(13-10)7-4-5-7/h7H,3-5,11H2,1-2H3,(H,12,13,14).